The van der Waals surface area contributed by atoms with Gasteiger partial charge in [0.15, 0.2) is 0 Å². The van der Waals surface area contributed by atoms with Crippen molar-refractivity contribution in [3.63, 3.8) is 0 Å². The first kappa shape index (κ1) is 30.4. The topological polar surface area (TPSA) is 69.3 Å². The van der Waals surface area contributed by atoms with Crippen LogP contribution in [0.3, 0.4) is 0 Å². The Hall–Kier alpha value is -2.11. The first-order chi connectivity index (χ1) is 18.4. The molecule has 1 aromatic rings. The maximum atomic E-state index is 13.4. The van der Waals surface area contributed by atoms with Gasteiger partial charge >= 0.3 is 0 Å². The Labute approximate surface area is 238 Å². The second kappa shape index (κ2) is 15.5. The van der Waals surface area contributed by atoms with Crippen molar-refractivity contribution in [1.82, 2.24) is 9.47 Å². The molecule has 0 aromatic carbocycles. The fourth-order valence-electron chi connectivity index (χ4n) is 5.47. The third-order valence-corrected chi connectivity index (χ3v) is 9.08. The van der Waals surface area contributed by atoms with Crippen molar-refractivity contribution in [1.29, 1.82) is 5.26 Å². The van der Waals surface area contributed by atoms with Gasteiger partial charge in [0.2, 0.25) is 0 Å². The highest BCUT2D eigenvalue weighted by atomic mass is 32.2. The van der Waals surface area contributed by atoms with Gasteiger partial charge in [-0.1, -0.05) is 88.7 Å². The molecule has 2 aliphatic heterocycles. The van der Waals surface area contributed by atoms with E-state index in [-0.39, 0.29) is 17.0 Å². The SMILES string of the molecule is CCCCCCCCCCCCN1C(=O)/C(=C\c2c(C)c(C#N)c(=O)n(CC)c2N2CCCCC2)SC1=S. The van der Waals surface area contributed by atoms with Crippen molar-refractivity contribution in [3.8, 4) is 6.07 Å². The minimum atomic E-state index is -0.251. The monoisotopic (exact) mass is 556 g/mol. The number of hydrogen-bond acceptors (Lipinski definition) is 6. The number of pyridine rings is 1. The number of nitrogens with zero attached hydrogens (tertiary/aromatic N) is 4. The van der Waals surface area contributed by atoms with Gasteiger partial charge in [-0.05, 0) is 51.2 Å². The lowest BCUT2D eigenvalue weighted by Crippen LogP contribution is -2.37. The maximum absolute atomic E-state index is 13.4. The summed E-state index contributed by atoms with van der Waals surface area (Å²) in [5.41, 5.74) is 1.34. The van der Waals surface area contributed by atoms with Crippen molar-refractivity contribution in [2.75, 3.05) is 24.5 Å². The van der Waals surface area contributed by atoms with Crippen LogP contribution in [0.15, 0.2) is 9.70 Å². The molecule has 0 radical (unpaired) electrons. The lowest BCUT2D eigenvalue weighted by atomic mass is 10.0. The fraction of sp³-hybridized carbons (Fsp3) is 0.667. The van der Waals surface area contributed by atoms with Crippen LogP contribution >= 0.6 is 24.0 Å². The predicted octanol–water partition coefficient (Wildman–Crippen LogP) is 7.16. The van der Waals surface area contributed by atoms with Gasteiger partial charge < -0.3 is 4.90 Å². The largest absolute Gasteiger partial charge is 0.357 e. The van der Waals surface area contributed by atoms with Gasteiger partial charge in [0.05, 0.1) is 4.91 Å². The van der Waals surface area contributed by atoms with Crippen LogP contribution in [0.5, 0.6) is 0 Å². The second-order valence-electron chi connectivity index (χ2n) is 10.5. The molecular formula is C30H44N4O2S2. The van der Waals surface area contributed by atoms with Gasteiger partial charge in [0.1, 0.15) is 21.8 Å². The molecule has 0 spiro atoms. The van der Waals surface area contributed by atoms with E-state index >= 15 is 0 Å². The molecule has 38 heavy (non-hydrogen) atoms. The Morgan fingerprint density at radius 2 is 1.55 bits per heavy atom. The summed E-state index contributed by atoms with van der Waals surface area (Å²) in [6.45, 7) is 8.86. The molecule has 3 heterocycles. The molecule has 2 aliphatic rings. The number of rotatable bonds is 14. The van der Waals surface area contributed by atoms with E-state index in [1.807, 2.05) is 19.9 Å². The lowest BCUT2D eigenvalue weighted by Gasteiger charge is -2.33. The summed E-state index contributed by atoms with van der Waals surface area (Å²) in [5, 5.41) is 9.77. The van der Waals surface area contributed by atoms with Crippen molar-refractivity contribution >= 4 is 46.1 Å². The normalized spacial score (nSPS) is 17.1. The minimum Gasteiger partial charge on any atom is -0.357 e. The van der Waals surface area contributed by atoms with E-state index in [9.17, 15) is 14.9 Å². The third-order valence-electron chi connectivity index (χ3n) is 7.70. The molecule has 2 fully saturated rings. The van der Waals surface area contributed by atoms with Gasteiger partial charge in [0, 0.05) is 31.7 Å². The van der Waals surface area contributed by atoms with Gasteiger partial charge in [0.25, 0.3) is 11.5 Å². The Morgan fingerprint density at radius 1 is 0.947 bits per heavy atom. The molecule has 1 amide bonds. The average Bonchev–Trinajstić information content (AvgIpc) is 3.19. The number of thiocarbonyl (C=S) groups is 1. The second-order valence-corrected chi connectivity index (χ2v) is 12.1. The van der Waals surface area contributed by atoms with E-state index in [0.29, 0.717) is 27.9 Å². The summed E-state index contributed by atoms with van der Waals surface area (Å²) in [7, 11) is 0. The summed E-state index contributed by atoms with van der Waals surface area (Å²) in [6, 6.07) is 2.11. The van der Waals surface area contributed by atoms with Gasteiger partial charge in [-0.15, -0.1) is 0 Å². The number of nitriles is 1. The zero-order chi connectivity index (χ0) is 27.5. The first-order valence-corrected chi connectivity index (χ1v) is 15.8. The molecule has 1 aromatic heterocycles. The Morgan fingerprint density at radius 3 is 2.13 bits per heavy atom. The molecule has 0 atom stereocenters. The van der Waals surface area contributed by atoms with Crippen molar-refractivity contribution in [2.45, 2.75) is 111 Å². The van der Waals surface area contributed by atoms with E-state index in [2.05, 4.69) is 17.9 Å². The smallest absolute Gasteiger partial charge is 0.270 e. The quantitative estimate of drug-likeness (QED) is 0.138. The number of piperidine rings is 1. The summed E-state index contributed by atoms with van der Waals surface area (Å²) in [5.74, 6) is 0.765. The molecule has 6 nitrogen and oxygen atoms in total. The molecule has 0 aliphatic carbocycles. The highest BCUT2D eigenvalue weighted by molar-refractivity contribution is 8.26. The molecule has 0 N–H and O–H groups in total. The summed E-state index contributed by atoms with van der Waals surface area (Å²) < 4.78 is 2.30. The molecule has 2 saturated heterocycles. The summed E-state index contributed by atoms with van der Waals surface area (Å²) in [4.78, 5) is 31.1. The third kappa shape index (κ3) is 7.51. The number of aromatic nitrogens is 1. The molecule has 208 valence electrons. The Balaban J connectivity index is 1.71. The number of amides is 1. The Kier molecular flexibility index (Phi) is 12.4. The molecule has 0 saturated carbocycles. The van der Waals surface area contributed by atoms with Crippen LogP contribution in [-0.4, -0.2) is 39.3 Å². The minimum absolute atomic E-state index is 0.0623. The molecule has 0 bridgehead atoms. The van der Waals surface area contributed by atoms with Crippen molar-refractivity contribution in [3.05, 3.63) is 31.9 Å². The van der Waals surface area contributed by atoms with Crippen LogP contribution in [0.1, 0.15) is 114 Å². The van der Waals surface area contributed by atoms with Gasteiger partial charge in [-0.2, -0.15) is 5.26 Å². The zero-order valence-electron chi connectivity index (χ0n) is 23.5. The number of unbranched alkanes of at least 4 members (excludes halogenated alkanes) is 9. The average molecular weight is 557 g/mol. The molecule has 0 unspecified atom stereocenters. The van der Waals surface area contributed by atoms with E-state index in [4.69, 9.17) is 12.2 Å². The first-order valence-electron chi connectivity index (χ1n) is 14.6. The summed E-state index contributed by atoms with van der Waals surface area (Å²) >= 11 is 6.93. The Bertz CT molecular complexity index is 1110. The number of carbonyl (C=O) groups is 1. The van der Waals surface area contributed by atoms with E-state index in [0.717, 1.165) is 50.2 Å². The molecular weight excluding hydrogens is 512 g/mol. The number of carbonyl (C=O) groups excluding carboxylic acids is 1. The fourth-order valence-corrected chi connectivity index (χ4v) is 6.76. The molecule has 3 rings (SSSR count). The van der Waals surface area contributed by atoms with Crippen molar-refractivity contribution in [2.24, 2.45) is 0 Å². The van der Waals surface area contributed by atoms with Gasteiger partial charge in [-0.3, -0.25) is 19.1 Å². The van der Waals surface area contributed by atoms with E-state index in [1.54, 1.807) is 9.47 Å². The van der Waals surface area contributed by atoms with Crippen LogP contribution in [0, 0.1) is 18.3 Å². The van der Waals surface area contributed by atoms with Crippen LogP contribution in [0.25, 0.3) is 6.08 Å². The highest BCUT2D eigenvalue weighted by Gasteiger charge is 2.33. The van der Waals surface area contributed by atoms with Crippen LogP contribution in [-0.2, 0) is 11.3 Å². The van der Waals surface area contributed by atoms with Crippen LogP contribution in [0.2, 0.25) is 0 Å². The van der Waals surface area contributed by atoms with Crippen LogP contribution < -0.4 is 10.5 Å². The highest BCUT2D eigenvalue weighted by Crippen LogP contribution is 2.36. The zero-order valence-corrected chi connectivity index (χ0v) is 25.2. The van der Waals surface area contributed by atoms with E-state index in [1.165, 1.54) is 69.5 Å². The number of anilines is 1. The maximum Gasteiger partial charge on any atom is 0.270 e. The van der Waals surface area contributed by atoms with Crippen molar-refractivity contribution < 1.29 is 4.79 Å². The standard InChI is InChI=1S/C30H44N4O2S2/c1-4-6-7-8-9-10-11-12-13-17-20-34-29(36)26(38-30(34)37)21-24-23(3)25(22-31)28(35)33(5-2)27(24)32-18-15-14-16-19-32/h21H,4-20H2,1-3H3/b26-21+. The predicted molar refractivity (Wildman–Crippen MR) is 164 cm³/mol. The van der Waals surface area contributed by atoms with E-state index < -0.39 is 0 Å². The van der Waals surface area contributed by atoms with Gasteiger partial charge in [-0.25, -0.2) is 0 Å². The summed E-state index contributed by atoms with van der Waals surface area (Å²) in [6.07, 6.45) is 17.7. The number of thioether (sulfide) groups is 1. The number of hydrogen-bond donors (Lipinski definition) is 0. The molecule has 8 heteroatoms. The van der Waals surface area contributed by atoms with Crippen LogP contribution in [0.4, 0.5) is 5.82 Å². The lowest BCUT2D eigenvalue weighted by molar-refractivity contribution is -0.122.